The number of methoxy groups -OCH3 is 1. The van der Waals surface area contributed by atoms with E-state index in [1.807, 2.05) is 32.0 Å². The van der Waals surface area contributed by atoms with E-state index in [0.717, 1.165) is 30.2 Å². The summed E-state index contributed by atoms with van der Waals surface area (Å²) in [6.45, 7) is 8.13. The quantitative estimate of drug-likeness (QED) is 0.241. The Bertz CT molecular complexity index is 810. The summed E-state index contributed by atoms with van der Waals surface area (Å²) in [6.07, 6.45) is 3.00. The number of ether oxygens (including phenoxy) is 1. The first kappa shape index (κ1) is 26.7. The van der Waals surface area contributed by atoms with Gasteiger partial charge in [-0.25, -0.2) is 4.98 Å². The van der Waals surface area contributed by atoms with Gasteiger partial charge in [0.1, 0.15) is 11.6 Å². The highest BCUT2D eigenvalue weighted by Gasteiger charge is 2.07. The third-order valence-corrected chi connectivity index (χ3v) is 4.68. The minimum Gasteiger partial charge on any atom is -0.497 e. The Morgan fingerprint density at radius 3 is 2.52 bits per heavy atom. The summed E-state index contributed by atoms with van der Waals surface area (Å²) in [7, 11) is 1.67. The second-order valence-corrected chi connectivity index (χ2v) is 7.17. The van der Waals surface area contributed by atoms with Crippen LogP contribution >= 0.6 is 24.0 Å². The molecule has 1 unspecified atom stereocenters. The lowest BCUT2D eigenvalue weighted by Gasteiger charge is -2.13. The zero-order chi connectivity index (χ0) is 21.8. The van der Waals surface area contributed by atoms with E-state index in [1.54, 1.807) is 19.4 Å². The lowest BCUT2D eigenvalue weighted by atomic mass is 9.98. The molecule has 1 heterocycles. The van der Waals surface area contributed by atoms with Gasteiger partial charge in [0, 0.05) is 32.3 Å². The molecule has 8 heteroatoms. The van der Waals surface area contributed by atoms with Gasteiger partial charge in [-0.2, -0.15) is 0 Å². The van der Waals surface area contributed by atoms with Crippen LogP contribution in [0.1, 0.15) is 43.7 Å². The van der Waals surface area contributed by atoms with Crippen LogP contribution < -0.4 is 20.7 Å². The number of aromatic nitrogens is 1. The van der Waals surface area contributed by atoms with Crippen molar-refractivity contribution >= 4 is 41.7 Å². The Kier molecular flexibility index (Phi) is 12.6. The SMILES string of the molecule is CCNC(=NCCC(C)c1ccc(OC)cc1)NCCC(=O)Nc1ccc(C)cn1.I. The average Bonchev–Trinajstić information content (AvgIpc) is 2.75. The fraction of sp³-hybridized carbons (Fsp3) is 0.435. The van der Waals surface area contributed by atoms with Gasteiger partial charge < -0.3 is 20.7 Å². The molecule has 2 aromatic rings. The van der Waals surface area contributed by atoms with Crippen molar-refractivity contribution in [2.24, 2.45) is 4.99 Å². The van der Waals surface area contributed by atoms with Crippen molar-refractivity contribution in [3.8, 4) is 5.75 Å². The topological polar surface area (TPSA) is 87.6 Å². The molecule has 1 atom stereocenters. The number of carbonyl (C=O) groups is 1. The van der Waals surface area contributed by atoms with Gasteiger partial charge in [-0.3, -0.25) is 9.79 Å². The van der Waals surface area contributed by atoms with Crippen molar-refractivity contribution in [2.75, 3.05) is 32.1 Å². The molecule has 0 aliphatic carbocycles. The van der Waals surface area contributed by atoms with Gasteiger partial charge >= 0.3 is 0 Å². The average molecular weight is 539 g/mol. The number of hydrogen-bond acceptors (Lipinski definition) is 4. The lowest BCUT2D eigenvalue weighted by molar-refractivity contribution is -0.116. The minimum absolute atomic E-state index is 0. The summed E-state index contributed by atoms with van der Waals surface area (Å²) >= 11 is 0. The van der Waals surface area contributed by atoms with Crippen LogP contribution in [0.5, 0.6) is 5.75 Å². The predicted molar refractivity (Wildman–Crippen MR) is 138 cm³/mol. The molecule has 1 aromatic carbocycles. The van der Waals surface area contributed by atoms with Crippen molar-refractivity contribution in [1.29, 1.82) is 0 Å². The van der Waals surface area contributed by atoms with Crippen molar-refractivity contribution in [2.45, 2.75) is 39.5 Å². The van der Waals surface area contributed by atoms with Gasteiger partial charge in [0.05, 0.1) is 7.11 Å². The van der Waals surface area contributed by atoms with E-state index in [1.165, 1.54) is 5.56 Å². The molecule has 0 saturated heterocycles. The Hall–Kier alpha value is -2.36. The number of nitrogens with zero attached hydrogens (tertiary/aromatic N) is 2. The number of anilines is 1. The minimum atomic E-state index is -0.0807. The first-order valence-electron chi connectivity index (χ1n) is 10.4. The molecule has 0 bridgehead atoms. The van der Waals surface area contributed by atoms with Crippen LogP contribution in [0.15, 0.2) is 47.6 Å². The molecule has 0 aliphatic heterocycles. The summed E-state index contributed by atoms with van der Waals surface area (Å²) in [5.41, 5.74) is 2.33. The second-order valence-electron chi connectivity index (χ2n) is 7.17. The molecule has 170 valence electrons. The van der Waals surface area contributed by atoms with E-state index in [0.29, 0.717) is 31.2 Å². The number of carbonyl (C=O) groups excluding carboxylic acids is 1. The summed E-state index contributed by atoms with van der Waals surface area (Å²) in [5, 5.41) is 9.24. The van der Waals surface area contributed by atoms with E-state index >= 15 is 0 Å². The smallest absolute Gasteiger partial charge is 0.227 e. The highest BCUT2D eigenvalue weighted by Crippen LogP contribution is 2.21. The Balaban J connectivity index is 0.00000480. The summed E-state index contributed by atoms with van der Waals surface area (Å²) < 4.78 is 5.21. The highest BCUT2D eigenvalue weighted by molar-refractivity contribution is 14.0. The van der Waals surface area contributed by atoms with Crippen LogP contribution in [0.2, 0.25) is 0 Å². The summed E-state index contributed by atoms with van der Waals surface area (Å²) in [6, 6.07) is 11.9. The van der Waals surface area contributed by atoms with Crippen LogP contribution in [0.4, 0.5) is 5.82 Å². The molecular weight excluding hydrogens is 505 g/mol. The number of benzene rings is 1. The monoisotopic (exact) mass is 539 g/mol. The van der Waals surface area contributed by atoms with Crippen LogP contribution in [0, 0.1) is 6.92 Å². The number of guanidine groups is 1. The maximum absolute atomic E-state index is 12.1. The van der Waals surface area contributed by atoms with Gasteiger partial charge in [-0.05, 0) is 55.5 Å². The summed E-state index contributed by atoms with van der Waals surface area (Å²) in [4.78, 5) is 20.9. The van der Waals surface area contributed by atoms with Crippen molar-refractivity contribution in [1.82, 2.24) is 15.6 Å². The van der Waals surface area contributed by atoms with Crippen molar-refractivity contribution in [3.63, 3.8) is 0 Å². The van der Waals surface area contributed by atoms with Crippen molar-refractivity contribution < 1.29 is 9.53 Å². The van der Waals surface area contributed by atoms with Crippen LogP contribution in [-0.2, 0) is 4.79 Å². The van der Waals surface area contributed by atoms with Crippen LogP contribution in [-0.4, -0.2) is 43.6 Å². The number of aliphatic imine (C=N–C) groups is 1. The van der Waals surface area contributed by atoms with E-state index < -0.39 is 0 Å². The molecule has 31 heavy (non-hydrogen) atoms. The fourth-order valence-electron chi connectivity index (χ4n) is 2.85. The number of pyridine rings is 1. The van der Waals surface area contributed by atoms with Gasteiger partial charge in [-0.15, -0.1) is 24.0 Å². The van der Waals surface area contributed by atoms with Crippen molar-refractivity contribution in [3.05, 3.63) is 53.7 Å². The predicted octanol–water partition coefficient (Wildman–Crippen LogP) is 4.09. The zero-order valence-electron chi connectivity index (χ0n) is 18.8. The molecule has 7 nitrogen and oxygen atoms in total. The highest BCUT2D eigenvalue weighted by atomic mass is 127. The van der Waals surface area contributed by atoms with E-state index in [4.69, 9.17) is 4.74 Å². The van der Waals surface area contributed by atoms with E-state index in [-0.39, 0.29) is 29.9 Å². The number of aryl methyl sites for hydroxylation is 1. The number of hydrogen-bond donors (Lipinski definition) is 3. The Labute approximate surface area is 202 Å². The third kappa shape index (κ3) is 9.99. The van der Waals surface area contributed by atoms with E-state index in [2.05, 4.69) is 45.0 Å². The maximum Gasteiger partial charge on any atom is 0.227 e. The molecule has 3 N–H and O–H groups in total. The largest absolute Gasteiger partial charge is 0.497 e. The van der Waals surface area contributed by atoms with E-state index in [9.17, 15) is 4.79 Å². The van der Waals surface area contributed by atoms with Crippen LogP contribution in [0.25, 0.3) is 0 Å². The first-order valence-corrected chi connectivity index (χ1v) is 10.4. The number of nitrogens with one attached hydrogen (secondary N) is 3. The standard InChI is InChI=1S/C23H33N5O2.HI/c1-5-24-23(25-14-12-18(3)19-7-9-20(30-4)10-8-19)26-15-13-22(29)28-21-11-6-17(2)16-27-21;/h6-11,16,18H,5,12-15H2,1-4H3,(H2,24,25,26)(H,27,28,29);1H. The van der Waals surface area contributed by atoms with Gasteiger partial charge in [0.2, 0.25) is 5.91 Å². The molecule has 2 rings (SSSR count). The van der Waals surface area contributed by atoms with Gasteiger partial charge in [-0.1, -0.05) is 25.1 Å². The molecule has 0 spiro atoms. The normalized spacial score (nSPS) is 11.8. The fourth-order valence-corrected chi connectivity index (χ4v) is 2.85. The molecule has 0 saturated carbocycles. The molecular formula is C23H34IN5O2. The lowest BCUT2D eigenvalue weighted by Crippen LogP contribution is -2.38. The Morgan fingerprint density at radius 2 is 1.90 bits per heavy atom. The zero-order valence-corrected chi connectivity index (χ0v) is 21.1. The number of rotatable bonds is 10. The molecule has 0 radical (unpaired) electrons. The molecule has 0 fully saturated rings. The molecule has 0 aliphatic rings. The van der Waals surface area contributed by atoms with Gasteiger partial charge in [0.25, 0.3) is 0 Å². The maximum atomic E-state index is 12.1. The number of halogens is 1. The second kappa shape index (κ2) is 14.6. The number of amides is 1. The van der Waals surface area contributed by atoms with Crippen LogP contribution in [0.3, 0.4) is 0 Å². The molecule has 1 aromatic heterocycles. The third-order valence-electron chi connectivity index (χ3n) is 4.68. The Morgan fingerprint density at radius 1 is 1.16 bits per heavy atom. The first-order chi connectivity index (χ1) is 14.5. The van der Waals surface area contributed by atoms with Gasteiger partial charge in [0.15, 0.2) is 5.96 Å². The molecule has 1 amide bonds. The summed E-state index contributed by atoms with van der Waals surface area (Å²) in [5.74, 6) is 2.47.